The summed E-state index contributed by atoms with van der Waals surface area (Å²) in [6.07, 6.45) is -1.92. The van der Waals surface area contributed by atoms with Gasteiger partial charge < -0.3 is 15.7 Å². The fourth-order valence-corrected chi connectivity index (χ4v) is 1.10. The van der Waals surface area contributed by atoms with Crippen molar-refractivity contribution >= 4 is 5.91 Å². The van der Waals surface area contributed by atoms with E-state index in [1.54, 1.807) is 0 Å². The summed E-state index contributed by atoms with van der Waals surface area (Å²) < 4.78 is 24.2. The molecule has 0 aliphatic heterocycles. The lowest BCUT2D eigenvalue weighted by atomic mass is 10.1. The largest absolute Gasteiger partial charge is 0.395 e. The number of alkyl halides is 2. The van der Waals surface area contributed by atoms with Crippen LogP contribution in [0.1, 0.15) is 19.8 Å². The Kier molecular flexibility index (Phi) is 7.15. The van der Waals surface area contributed by atoms with Crippen LogP contribution < -0.4 is 5.73 Å². The number of hydrogen-bond acceptors (Lipinski definition) is 3. The first-order chi connectivity index (χ1) is 7.01. The predicted octanol–water partition coefficient (Wildman–Crippen LogP) is 0.200. The number of amides is 1. The number of rotatable bonds is 7. The zero-order valence-electron chi connectivity index (χ0n) is 8.83. The molecule has 0 saturated heterocycles. The summed E-state index contributed by atoms with van der Waals surface area (Å²) in [6, 6.07) is -0.309. The van der Waals surface area contributed by atoms with Gasteiger partial charge in [-0.25, -0.2) is 8.78 Å². The van der Waals surface area contributed by atoms with Gasteiger partial charge in [-0.3, -0.25) is 4.79 Å². The van der Waals surface area contributed by atoms with E-state index in [0.717, 1.165) is 4.90 Å². The van der Waals surface area contributed by atoms with Gasteiger partial charge in [0, 0.05) is 19.0 Å². The molecule has 3 N–H and O–H groups in total. The fraction of sp³-hybridized carbons (Fsp3) is 0.889. The molecule has 0 spiro atoms. The number of carbonyl (C=O) groups excluding carboxylic acids is 1. The van der Waals surface area contributed by atoms with Gasteiger partial charge in [-0.05, 0) is 6.42 Å². The van der Waals surface area contributed by atoms with E-state index in [1.165, 1.54) is 0 Å². The lowest BCUT2D eigenvalue weighted by Gasteiger charge is -2.22. The molecular formula is C9H18F2N2O2. The molecule has 0 aliphatic carbocycles. The lowest BCUT2D eigenvalue weighted by molar-refractivity contribution is -0.134. The molecule has 0 rings (SSSR count). The second kappa shape index (κ2) is 7.53. The van der Waals surface area contributed by atoms with Crippen LogP contribution in [0.5, 0.6) is 0 Å². The molecule has 1 atom stereocenters. The first-order valence-electron chi connectivity index (χ1n) is 4.93. The van der Waals surface area contributed by atoms with Gasteiger partial charge in [0.05, 0.1) is 13.2 Å². The second-order valence-corrected chi connectivity index (χ2v) is 3.33. The van der Waals surface area contributed by atoms with Crippen molar-refractivity contribution in [1.29, 1.82) is 0 Å². The SMILES string of the molecule is CCC(N)CC(=O)N(CCO)CC(F)F. The molecule has 1 amide bonds. The van der Waals surface area contributed by atoms with Crippen molar-refractivity contribution in [2.75, 3.05) is 19.7 Å². The molecule has 1 unspecified atom stereocenters. The summed E-state index contributed by atoms with van der Waals surface area (Å²) in [7, 11) is 0. The minimum absolute atomic E-state index is 0.0449. The van der Waals surface area contributed by atoms with Crippen molar-refractivity contribution in [1.82, 2.24) is 4.90 Å². The van der Waals surface area contributed by atoms with Crippen LogP contribution in [0.4, 0.5) is 8.78 Å². The van der Waals surface area contributed by atoms with Crippen LogP contribution in [0, 0.1) is 0 Å². The summed E-state index contributed by atoms with van der Waals surface area (Å²) >= 11 is 0. The number of nitrogens with two attached hydrogens (primary N) is 1. The van der Waals surface area contributed by atoms with Crippen LogP contribution in [-0.2, 0) is 4.79 Å². The van der Waals surface area contributed by atoms with Crippen molar-refractivity contribution in [3.05, 3.63) is 0 Å². The van der Waals surface area contributed by atoms with Gasteiger partial charge in [-0.15, -0.1) is 0 Å². The van der Waals surface area contributed by atoms with Crippen LogP contribution in [0.25, 0.3) is 0 Å². The van der Waals surface area contributed by atoms with Gasteiger partial charge in [-0.2, -0.15) is 0 Å². The molecule has 0 fully saturated rings. The van der Waals surface area contributed by atoms with E-state index in [0.29, 0.717) is 6.42 Å². The molecule has 0 radical (unpaired) electrons. The van der Waals surface area contributed by atoms with Gasteiger partial charge >= 0.3 is 0 Å². The first kappa shape index (κ1) is 14.2. The van der Waals surface area contributed by atoms with Crippen molar-refractivity contribution in [2.45, 2.75) is 32.2 Å². The van der Waals surface area contributed by atoms with E-state index < -0.39 is 18.9 Å². The van der Waals surface area contributed by atoms with Crippen molar-refractivity contribution in [2.24, 2.45) is 5.73 Å². The van der Waals surface area contributed by atoms with Crippen LogP contribution in [0.2, 0.25) is 0 Å². The van der Waals surface area contributed by atoms with Crippen LogP contribution >= 0.6 is 0 Å². The molecule has 0 bridgehead atoms. The lowest BCUT2D eigenvalue weighted by Crippen LogP contribution is -2.40. The molecule has 0 heterocycles. The molecule has 0 saturated carbocycles. The van der Waals surface area contributed by atoms with E-state index in [-0.39, 0.29) is 25.6 Å². The normalized spacial score (nSPS) is 12.9. The Balaban J connectivity index is 4.15. The van der Waals surface area contributed by atoms with Gasteiger partial charge in [0.15, 0.2) is 0 Å². The summed E-state index contributed by atoms with van der Waals surface area (Å²) in [5.41, 5.74) is 5.54. The predicted molar refractivity (Wildman–Crippen MR) is 52.6 cm³/mol. The monoisotopic (exact) mass is 224 g/mol. The van der Waals surface area contributed by atoms with Crippen molar-refractivity contribution in [3.63, 3.8) is 0 Å². The molecule has 90 valence electrons. The summed E-state index contributed by atoms with van der Waals surface area (Å²) in [5, 5.41) is 8.62. The Hall–Kier alpha value is -0.750. The first-order valence-corrected chi connectivity index (χ1v) is 4.93. The molecule has 0 aromatic heterocycles. The molecule has 0 aromatic rings. The molecule has 15 heavy (non-hydrogen) atoms. The number of aliphatic hydroxyl groups excluding tert-OH is 1. The molecule has 0 aromatic carbocycles. The Morgan fingerprint density at radius 3 is 2.53 bits per heavy atom. The molecule has 0 aliphatic rings. The number of halogens is 2. The highest BCUT2D eigenvalue weighted by Crippen LogP contribution is 2.03. The minimum Gasteiger partial charge on any atom is -0.395 e. The summed E-state index contributed by atoms with van der Waals surface area (Å²) in [6.45, 7) is 0.788. The van der Waals surface area contributed by atoms with Crippen molar-refractivity contribution < 1.29 is 18.7 Å². The molecule has 4 nitrogen and oxygen atoms in total. The number of aliphatic hydroxyl groups is 1. The Morgan fingerprint density at radius 1 is 1.53 bits per heavy atom. The van der Waals surface area contributed by atoms with E-state index in [4.69, 9.17) is 10.8 Å². The zero-order valence-corrected chi connectivity index (χ0v) is 8.83. The third kappa shape index (κ3) is 6.35. The second-order valence-electron chi connectivity index (χ2n) is 3.33. The van der Waals surface area contributed by atoms with Crippen LogP contribution in [0.3, 0.4) is 0 Å². The van der Waals surface area contributed by atoms with Crippen molar-refractivity contribution in [3.8, 4) is 0 Å². The maximum Gasteiger partial charge on any atom is 0.255 e. The Morgan fingerprint density at radius 2 is 2.13 bits per heavy atom. The van der Waals surface area contributed by atoms with Crippen LogP contribution in [0.15, 0.2) is 0 Å². The third-order valence-corrected chi connectivity index (χ3v) is 2.04. The van der Waals surface area contributed by atoms with Gasteiger partial charge in [0.2, 0.25) is 5.91 Å². The fourth-order valence-electron chi connectivity index (χ4n) is 1.10. The smallest absolute Gasteiger partial charge is 0.255 e. The quantitative estimate of drug-likeness (QED) is 0.649. The summed E-state index contributed by atoms with van der Waals surface area (Å²) in [4.78, 5) is 12.4. The topological polar surface area (TPSA) is 66.6 Å². The minimum atomic E-state index is -2.58. The van der Waals surface area contributed by atoms with Gasteiger partial charge in [0.25, 0.3) is 6.43 Å². The highest BCUT2D eigenvalue weighted by molar-refractivity contribution is 5.76. The number of hydrogen-bond donors (Lipinski definition) is 2. The molecule has 6 heteroatoms. The Bertz CT molecular complexity index is 191. The van der Waals surface area contributed by atoms with Gasteiger partial charge in [-0.1, -0.05) is 6.92 Å². The van der Waals surface area contributed by atoms with E-state index in [1.807, 2.05) is 6.92 Å². The number of nitrogens with zero attached hydrogens (tertiary/aromatic N) is 1. The van der Waals surface area contributed by atoms with Gasteiger partial charge in [0.1, 0.15) is 0 Å². The van der Waals surface area contributed by atoms with E-state index >= 15 is 0 Å². The molecular weight excluding hydrogens is 206 g/mol. The third-order valence-electron chi connectivity index (χ3n) is 2.04. The van der Waals surface area contributed by atoms with E-state index in [2.05, 4.69) is 0 Å². The average molecular weight is 224 g/mol. The summed E-state index contributed by atoms with van der Waals surface area (Å²) in [5.74, 6) is -0.432. The highest BCUT2D eigenvalue weighted by atomic mass is 19.3. The maximum absolute atomic E-state index is 12.1. The number of carbonyl (C=O) groups is 1. The average Bonchev–Trinajstić information content (AvgIpc) is 2.16. The van der Waals surface area contributed by atoms with E-state index in [9.17, 15) is 13.6 Å². The van der Waals surface area contributed by atoms with Crippen LogP contribution in [-0.4, -0.2) is 48.1 Å². The highest BCUT2D eigenvalue weighted by Gasteiger charge is 2.19. The zero-order chi connectivity index (χ0) is 11.8. The standard InChI is InChI=1S/C9H18F2N2O2/c1-2-7(12)5-9(15)13(3-4-14)6-8(10)11/h7-8,14H,2-6,12H2,1H3. The Labute approximate surface area is 88.0 Å². The maximum atomic E-state index is 12.1.